The number of nitrogens with one attached hydrogen (secondary N) is 1. The first-order chi connectivity index (χ1) is 34.8. The second kappa shape index (κ2) is 20.3. The number of nitrogens with zero attached hydrogens (tertiary/aromatic N) is 11. The first kappa shape index (κ1) is 54.1. The minimum atomic E-state index is -6.18. The third kappa shape index (κ3) is 10.7. The fourth-order valence-electron chi connectivity index (χ4n) is 8.31. The summed E-state index contributed by atoms with van der Waals surface area (Å²) < 4.78 is 109. The number of phosphoric ester groups is 3. The molecule has 16 atom stereocenters. The molecule has 37 nitrogen and oxygen atoms in total. The Morgan fingerprint density at radius 1 is 0.703 bits per heavy atom. The number of aliphatic hydroxyl groups is 4. The number of imidazole rings is 3. The van der Waals surface area contributed by atoms with Crippen LogP contribution in [-0.2, 0) is 71.0 Å². The number of anilines is 2. The normalized spacial score (nSPS) is 30.7. The van der Waals surface area contributed by atoms with Crippen LogP contribution in [0, 0.1) is 6.92 Å². The zero-order valence-corrected chi connectivity index (χ0v) is 41.6. The third-order valence-electron chi connectivity index (χ3n) is 11.6. The Balaban J connectivity index is 0.859. The van der Waals surface area contributed by atoms with Crippen molar-refractivity contribution in [2.75, 3.05) is 38.4 Å². The number of aryl methyl sites for hydroxylation is 2. The van der Waals surface area contributed by atoms with E-state index in [-0.39, 0.29) is 39.7 Å². The number of aliphatic hydroxyl groups excluding tert-OH is 4. The molecule has 41 heteroatoms. The van der Waals surface area contributed by atoms with E-state index in [1.165, 1.54) is 39.7 Å². The molecule has 0 aromatic carbocycles. The van der Waals surface area contributed by atoms with Gasteiger partial charge in [0.05, 0.1) is 45.2 Å². The molecule has 3 fully saturated rings. The van der Waals surface area contributed by atoms with Crippen LogP contribution < -0.4 is 21.6 Å². The maximum absolute atomic E-state index is 13.7. The van der Waals surface area contributed by atoms with Crippen LogP contribution in [0.15, 0.2) is 36.4 Å². The molecule has 16 unspecified atom stereocenters. The van der Waals surface area contributed by atoms with E-state index < -0.39 is 130 Å². The maximum atomic E-state index is 13.7. The van der Waals surface area contributed by atoms with Crippen molar-refractivity contribution in [3.05, 3.63) is 47.7 Å². The van der Waals surface area contributed by atoms with Crippen LogP contribution in [0.2, 0.25) is 0 Å². The van der Waals surface area contributed by atoms with E-state index in [9.17, 15) is 63.1 Å². The van der Waals surface area contributed by atoms with Crippen molar-refractivity contribution in [3.8, 4) is 0 Å². The van der Waals surface area contributed by atoms with Gasteiger partial charge in [-0.2, -0.15) is 8.62 Å². The summed E-state index contributed by atoms with van der Waals surface area (Å²) in [6.07, 6.45) is -13.6. The number of aromatic nitrogens is 12. The predicted molar refractivity (Wildman–Crippen MR) is 236 cm³/mol. The number of nitrogens with two attached hydrogens (primary N) is 2. The molecule has 6 aromatic rings. The number of phosphoric acid groups is 4. The molecule has 0 radical (unpaired) electrons. The quantitative estimate of drug-likeness (QED) is 0.0280. The van der Waals surface area contributed by atoms with E-state index in [0.29, 0.717) is 11.2 Å². The van der Waals surface area contributed by atoms with Crippen molar-refractivity contribution >= 4 is 76.5 Å². The fraction of sp³-hybridized carbons (Fsp3) is 0.545. The summed E-state index contributed by atoms with van der Waals surface area (Å²) in [6, 6.07) is 0. The summed E-state index contributed by atoms with van der Waals surface area (Å²) in [5.41, 5.74) is 12.0. The lowest BCUT2D eigenvalue weighted by Crippen LogP contribution is -2.46. The predicted octanol–water partition coefficient (Wildman–Crippen LogP) is -3.28. The van der Waals surface area contributed by atoms with Gasteiger partial charge in [-0.05, 0) is 6.92 Å². The van der Waals surface area contributed by atoms with E-state index in [2.05, 4.69) is 48.5 Å². The Morgan fingerprint density at radius 2 is 1.26 bits per heavy atom. The zero-order valence-electron chi connectivity index (χ0n) is 38.0. The molecule has 9 rings (SSSR count). The topological polar surface area (TPSA) is 516 Å². The van der Waals surface area contributed by atoms with Gasteiger partial charge in [0.25, 0.3) is 11.5 Å². The van der Waals surface area contributed by atoms with Crippen LogP contribution in [-0.4, -0.2) is 175 Å². The molecule has 0 spiro atoms. The number of H-pyrrole nitrogens is 1. The molecule has 0 amide bonds. The lowest BCUT2D eigenvalue weighted by molar-refractivity contribution is -0.745. The zero-order chi connectivity index (χ0) is 53.4. The Labute approximate surface area is 411 Å². The molecule has 74 heavy (non-hydrogen) atoms. The lowest BCUT2D eigenvalue weighted by Gasteiger charge is -2.26. The van der Waals surface area contributed by atoms with Crippen LogP contribution in [0.25, 0.3) is 33.5 Å². The summed E-state index contributed by atoms with van der Waals surface area (Å²) in [5.74, 6) is -0.375. The van der Waals surface area contributed by atoms with Crippen molar-refractivity contribution in [2.45, 2.75) is 80.5 Å². The highest BCUT2D eigenvalue weighted by molar-refractivity contribution is 7.66. The van der Waals surface area contributed by atoms with Crippen LogP contribution in [0.3, 0.4) is 0 Å². The van der Waals surface area contributed by atoms with Gasteiger partial charge in [0.1, 0.15) is 78.6 Å². The average molecular weight is 1130 g/mol. The van der Waals surface area contributed by atoms with Gasteiger partial charge >= 0.3 is 36.9 Å². The van der Waals surface area contributed by atoms with Crippen molar-refractivity contribution in [1.29, 1.82) is 0 Å². The number of aromatic amines is 1. The van der Waals surface area contributed by atoms with Gasteiger partial charge in [-0.15, -0.1) is 0 Å². The van der Waals surface area contributed by atoms with Gasteiger partial charge in [0.2, 0.25) is 11.7 Å². The van der Waals surface area contributed by atoms with Crippen LogP contribution in [0.1, 0.15) is 24.4 Å². The molecule has 9 heterocycles. The summed E-state index contributed by atoms with van der Waals surface area (Å²) in [7, 11) is -20.8. The standard InChI is InChI=1S/C33H44N14O23P4/c1-12-16-26(38-7-36-12)45(9-40-16)30-21(50)19(48)13(65-30)4-62-71(53,54)68-23-15(67-32(24(23)61-3)46-10-41-17-25(34)37-8-39-27(17)46)6-64-73(57,58)70-74(59,60)69-72(55,56)63-5-14-20(49)22(51)31(66-14)47-11-44(2)18-28(47)42-33(35)43-29(18)52/h7-11,13-15,19-24,30-32,48-51H,4-6H2,1-3H3,(H8-,34,35,37,39,42,43,52,53,54,55,56,57,58,59,60)/p+1. The second-order valence-electron chi connectivity index (χ2n) is 16.5. The third-order valence-corrected chi connectivity index (χ3v) is 16.9. The Morgan fingerprint density at radius 3 is 1.92 bits per heavy atom. The van der Waals surface area contributed by atoms with E-state index in [4.69, 9.17) is 48.5 Å². The van der Waals surface area contributed by atoms with E-state index >= 15 is 0 Å². The number of hydrogen-bond donors (Lipinski definition) is 11. The summed E-state index contributed by atoms with van der Waals surface area (Å²) in [4.78, 5) is 85.7. The SMILES string of the molecule is COC1C(OP(=O)(O)OCC2OC(n3cnc4c(C)ncnc43)C(O)C2O)C(COP(=O)(O)OP(=O)(O)OP(=O)(O)OCC2OC([n+]3cn(C)c4c(=O)[nH]c(N)nc43)C(O)C2O)OC1n1cnc2c(N)ncnc21. The number of methoxy groups -OCH3 is 1. The lowest BCUT2D eigenvalue weighted by atomic mass is 10.1. The first-order valence-electron chi connectivity index (χ1n) is 21.2. The second-order valence-corrected chi connectivity index (χ2v) is 22.5. The molecule has 0 bridgehead atoms. The van der Waals surface area contributed by atoms with E-state index in [0.717, 1.165) is 24.3 Å². The fourth-order valence-corrected chi connectivity index (χ4v) is 12.8. The molecule has 3 aliphatic heterocycles. The van der Waals surface area contributed by atoms with Gasteiger partial charge in [-0.3, -0.25) is 41.6 Å². The van der Waals surface area contributed by atoms with E-state index in [1.807, 2.05) is 0 Å². The van der Waals surface area contributed by atoms with Crippen LogP contribution in [0.5, 0.6) is 0 Å². The Hall–Kier alpha value is -4.75. The molecule has 3 saturated heterocycles. The largest absolute Gasteiger partial charge is 0.490 e. The van der Waals surface area contributed by atoms with Crippen molar-refractivity contribution in [1.82, 2.24) is 53.6 Å². The van der Waals surface area contributed by atoms with Crippen LogP contribution >= 0.6 is 31.3 Å². The smallest absolute Gasteiger partial charge is 0.387 e. The molecule has 6 aromatic heterocycles. The number of fused-ring (bicyclic) bond motifs is 3. The summed E-state index contributed by atoms with van der Waals surface area (Å²) in [5, 5.41) is 43.2. The number of ether oxygens (including phenoxy) is 4. The molecule has 13 N–H and O–H groups in total. The van der Waals surface area contributed by atoms with Crippen molar-refractivity contribution in [2.24, 2.45) is 7.05 Å². The van der Waals surface area contributed by atoms with Gasteiger partial charge in [0.15, 0.2) is 35.9 Å². The van der Waals surface area contributed by atoms with Gasteiger partial charge in [-0.1, -0.05) is 4.98 Å². The van der Waals surface area contributed by atoms with Crippen LogP contribution in [0.4, 0.5) is 11.8 Å². The monoisotopic (exact) mass is 1130 g/mol. The average Bonchev–Trinajstić information content (AvgIpc) is 4.17. The number of rotatable bonds is 19. The number of hydrogen-bond acceptors (Lipinski definition) is 28. The molecule has 0 saturated carbocycles. The highest BCUT2D eigenvalue weighted by atomic mass is 31.3. The molecule has 0 aliphatic carbocycles. The number of nitrogen functional groups attached to an aromatic ring is 2. The Bertz CT molecular complexity index is 3350. The summed E-state index contributed by atoms with van der Waals surface area (Å²) >= 11 is 0. The maximum Gasteiger partial charge on any atom is 0.490 e. The van der Waals surface area contributed by atoms with Crippen molar-refractivity contribution in [3.63, 3.8) is 0 Å². The Kier molecular flexibility index (Phi) is 14.8. The molecule has 404 valence electrons. The van der Waals surface area contributed by atoms with Crippen molar-refractivity contribution < 1.29 is 108 Å². The highest BCUT2D eigenvalue weighted by Gasteiger charge is 2.54. The highest BCUT2D eigenvalue weighted by Crippen LogP contribution is 2.68. The summed E-state index contributed by atoms with van der Waals surface area (Å²) in [6.45, 7) is -1.61. The van der Waals surface area contributed by atoms with E-state index in [1.54, 1.807) is 6.92 Å². The minimum absolute atomic E-state index is 0.0164. The van der Waals surface area contributed by atoms with Gasteiger partial charge < -0.3 is 70.4 Å². The molecule has 3 aliphatic rings. The van der Waals surface area contributed by atoms with Gasteiger partial charge in [-0.25, -0.2) is 52.7 Å². The molecular formula is C33H45N14O23P4+. The van der Waals surface area contributed by atoms with Gasteiger partial charge in [0, 0.05) is 7.11 Å². The minimum Gasteiger partial charge on any atom is -0.387 e. The first-order valence-corrected chi connectivity index (χ1v) is 27.2. The molecular weight excluding hydrogens is 1080 g/mol.